The van der Waals surface area contributed by atoms with Crippen molar-refractivity contribution in [3.8, 4) is 5.75 Å². The van der Waals surface area contributed by atoms with E-state index in [1.54, 1.807) is 0 Å². The van der Waals surface area contributed by atoms with Crippen molar-refractivity contribution in [2.24, 2.45) is 0 Å². The highest BCUT2D eigenvalue weighted by Crippen LogP contribution is 2.31. The van der Waals surface area contributed by atoms with Gasteiger partial charge in [-0.05, 0) is 55.2 Å². The van der Waals surface area contributed by atoms with Gasteiger partial charge in [-0.2, -0.15) is 0 Å². The molecule has 130 valence electrons. The molecular formula is C20H32O3. The van der Waals surface area contributed by atoms with Gasteiger partial charge in [-0.1, -0.05) is 45.7 Å². The quantitative estimate of drug-likeness (QED) is 0.538. The number of phenolic OH excluding ortho intramolecular Hbond substituents is 1. The van der Waals surface area contributed by atoms with Gasteiger partial charge in [-0.3, -0.25) is 4.79 Å². The first kappa shape index (κ1) is 19.5. The first-order valence-electron chi connectivity index (χ1n) is 8.74. The van der Waals surface area contributed by atoms with Crippen LogP contribution in [0.5, 0.6) is 5.75 Å². The van der Waals surface area contributed by atoms with Crippen LogP contribution in [0.15, 0.2) is 12.1 Å². The molecule has 1 rings (SSSR count). The van der Waals surface area contributed by atoms with Crippen LogP contribution < -0.4 is 0 Å². The molecule has 3 heteroatoms. The Kier molecular flexibility index (Phi) is 7.60. The van der Waals surface area contributed by atoms with Crippen molar-refractivity contribution in [1.29, 1.82) is 0 Å². The third kappa shape index (κ3) is 6.64. The third-order valence-electron chi connectivity index (χ3n) is 4.13. The summed E-state index contributed by atoms with van der Waals surface area (Å²) >= 11 is 0. The minimum atomic E-state index is -0.0985. The van der Waals surface area contributed by atoms with Gasteiger partial charge in [0.15, 0.2) is 0 Å². The zero-order chi connectivity index (χ0) is 17.5. The molecule has 0 aromatic heterocycles. The van der Waals surface area contributed by atoms with Crippen LogP contribution in [0.25, 0.3) is 0 Å². The Morgan fingerprint density at radius 3 is 2.39 bits per heavy atom. The number of unbranched alkanes of at least 4 members (excludes halogenated alkanes) is 3. The minimum absolute atomic E-state index is 0.0901. The Morgan fingerprint density at radius 1 is 1.13 bits per heavy atom. The monoisotopic (exact) mass is 320 g/mol. The molecule has 0 aliphatic carbocycles. The molecule has 0 aliphatic rings. The summed E-state index contributed by atoms with van der Waals surface area (Å²) < 4.78 is 4.92. The maximum absolute atomic E-state index is 11.3. The zero-order valence-electron chi connectivity index (χ0n) is 15.4. The number of esters is 1. The van der Waals surface area contributed by atoms with Crippen molar-refractivity contribution in [2.45, 2.75) is 78.6 Å². The van der Waals surface area contributed by atoms with Gasteiger partial charge >= 0.3 is 5.97 Å². The number of aryl methyl sites for hydroxylation is 2. The first-order chi connectivity index (χ1) is 10.8. The number of carbonyl (C=O) groups is 1. The molecule has 1 aromatic rings. The SMILES string of the molecule is CCOC(=O)CCCCCCc1cc(C(C)(C)C)cc(C)c1O. The van der Waals surface area contributed by atoms with Gasteiger partial charge in [-0.25, -0.2) is 0 Å². The molecule has 0 fully saturated rings. The maximum Gasteiger partial charge on any atom is 0.305 e. The fourth-order valence-corrected chi connectivity index (χ4v) is 2.65. The number of phenols is 1. The average Bonchev–Trinajstić information content (AvgIpc) is 2.45. The van der Waals surface area contributed by atoms with Crippen LogP contribution >= 0.6 is 0 Å². The lowest BCUT2D eigenvalue weighted by Crippen LogP contribution is -2.12. The molecule has 0 saturated carbocycles. The Bertz CT molecular complexity index is 512. The maximum atomic E-state index is 11.3. The Labute approximate surface area is 141 Å². The fourth-order valence-electron chi connectivity index (χ4n) is 2.65. The van der Waals surface area contributed by atoms with Crippen molar-refractivity contribution in [3.05, 3.63) is 28.8 Å². The summed E-state index contributed by atoms with van der Waals surface area (Å²) in [6.45, 7) is 10.8. The molecule has 0 amide bonds. The lowest BCUT2D eigenvalue weighted by atomic mass is 9.84. The van der Waals surface area contributed by atoms with Crippen LogP contribution in [0.2, 0.25) is 0 Å². The van der Waals surface area contributed by atoms with Crippen LogP contribution in [0.4, 0.5) is 0 Å². The smallest absolute Gasteiger partial charge is 0.305 e. The molecule has 0 unspecified atom stereocenters. The number of rotatable bonds is 8. The van der Waals surface area contributed by atoms with Gasteiger partial charge in [0.05, 0.1) is 6.61 Å². The number of aromatic hydroxyl groups is 1. The average molecular weight is 320 g/mol. The molecule has 0 atom stereocenters. The highest BCUT2D eigenvalue weighted by molar-refractivity contribution is 5.69. The predicted molar refractivity (Wildman–Crippen MR) is 95.0 cm³/mol. The van der Waals surface area contributed by atoms with Crippen LogP contribution in [0.1, 0.15) is 76.5 Å². The molecule has 23 heavy (non-hydrogen) atoms. The first-order valence-corrected chi connectivity index (χ1v) is 8.74. The molecule has 1 aromatic carbocycles. The number of carbonyl (C=O) groups excluding carboxylic acids is 1. The summed E-state index contributed by atoms with van der Waals surface area (Å²) in [5.74, 6) is 0.336. The lowest BCUT2D eigenvalue weighted by molar-refractivity contribution is -0.143. The largest absolute Gasteiger partial charge is 0.507 e. The third-order valence-corrected chi connectivity index (χ3v) is 4.13. The van der Waals surface area contributed by atoms with Crippen molar-refractivity contribution >= 4 is 5.97 Å². The summed E-state index contributed by atoms with van der Waals surface area (Å²) in [6.07, 6.45) is 5.40. The summed E-state index contributed by atoms with van der Waals surface area (Å²) in [5.41, 5.74) is 3.35. The molecule has 0 saturated heterocycles. The highest BCUT2D eigenvalue weighted by atomic mass is 16.5. The molecule has 0 radical (unpaired) electrons. The normalized spacial score (nSPS) is 11.5. The Morgan fingerprint density at radius 2 is 1.78 bits per heavy atom. The van der Waals surface area contributed by atoms with Crippen LogP contribution in [-0.2, 0) is 21.4 Å². The summed E-state index contributed by atoms with van der Waals surface area (Å²) in [5, 5.41) is 10.3. The van der Waals surface area contributed by atoms with E-state index in [4.69, 9.17) is 4.74 Å². The van der Waals surface area contributed by atoms with E-state index in [1.165, 1.54) is 5.56 Å². The van der Waals surface area contributed by atoms with Gasteiger partial charge < -0.3 is 9.84 Å². The van der Waals surface area contributed by atoms with Gasteiger partial charge in [-0.15, -0.1) is 0 Å². The van der Waals surface area contributed by atoms with E-state index >= 15 is 0 Å². The lowest BCUT2D eigenvalue weighted by Gasteiger charge is -2.21. The van der Waals surface area contributed by atoms with E-state index in [-0.39, 0.29) is 11.4 Å². The van der Waals surface area contributed by atoms with Gasteiger partial charge in [0.2, 0.25) is 0 Å². The fraction of sp³-hybridized carbons (Fsp3) is 0.650. The van der Waals surface area contributed by atoms with Crippen molar-refractivity contribution in [2.75, 3.05) is 6.61 Å². The second-order valence-electron chi connectivity index (χ2n) is 7.27. The molecule has 3 nitrogen and oxygen atoms in total. The second-order valence-corrected chi connectivity index (χ2v) is 7.27. The molecule has 0 aliphatic heterocycles. The van der Waals surface area contributed by atoms with E-state index in [9.17, 15) is 9.90 Å². The number of hydrogen-bond acceptors (Lipinski definition) is 3. The van der Waals surface area contributed by atoms with Crippen LogP contribution in [0.3, 0.4) is 0 Å². The van der Waals surface area contributed by atoms with Crippen molar-refractivity contribution in [3.63, 3.8) is 0 Å². The number of ether oxygens (including phenoxy) is 1. The van der Waals surface area contributed by atoms with E-state index in [1.807, 2.05) is 13.8 Å². The molecular weight excluding hydrogens is 288 g/mol. The number of benzene rings is 1. The van der Waals surface area contributed by atoms with E-state index in [2.05, 4.69) is 32.9 Å². The summed E-state index contributed by atoms with van der Waals surface area (Å²) in [7, 11) is 0. The topological polar surface area (TPSA) is 46.5 Å². The van der Waals surface area contributed by atoms with Crippen molar-refractivity contribution < 1.29 is 14.6 Å². The molecule has 0 spiro atoms. The molecule has 0 bridgehead atoms. The van der Waals surface area contributed by atoms with Crippen molar-refractivity contribution in [1.82, 2.24) is 0 Å². The van der Waals surface area contributed by atoms with Gasteiger partial charge in [0, 0.05) is 6.42 Å². The number of hydrogen-bond donors (Lipinski definition) is 1. The van der Waals surface area contributed by atoms with Crippen LogP contribution in [0, 0.1) is 6.92 Å². The van der Waals surface area contributed by atoms with Gasteiger partial charge in [0.25, 0.3) is 0 Å². The second kappa shape index (κ2) is 8.95. The highest BCUT2D eigenvalue weighted by Gasteiger charge is 2.17. The molecule has 0 heterocycles. The van der Waals surface area contributed by atoms with E-state index in [0.717, 1.165) is 43.2 Å². The standard InChI is InChI=1S/C20H32O3/c1-6-23-18(21)12-10-8-7-9-11-16-14-17(20(3,4)5)13-15(2)19(16)22/h13-14,22H,6-12H2,1-5H3. The van der Waals surface area contributed by atoms with E-state index in [0.29, 0.717) is 18.8 Å². The van der Waals surface area contributed by atoms with Crippen LogP contribution in [-0.4, -0.2) is 17.7 Å². The Balaban J connectivity index is 2.46. The summed E-state index contributed by atoms with van der Waals surface area (Å²) in [6, 6.07) is 4.22. The molecule has 1 N–H and O–H groups in total. The summed E-state index contributed by atoms with van der Waals surface area (Å²) in [4.78, 5) is 11.3. The van der Waals surface area contributed by atoms with E-state index < -0.39 is 0 Å². The minimum Gasteiger partial charge on any atom is -0.507 e. The predicted octanol–water partition coefficient (Wildman–Crippen LogP) is 5.05. The Hall–Kier alpha value is -1.51. The zero-order valence-corrected chi connectivity index (χ0v) is 15.4. The van der Waals surface area contributed by atoms with Gasteiger partial charge in [0.1, 0.15) is 5.75 Å².